The Morgan fingerprint density at radius 1 is 1.29 bits per heavy atom. The van der Waals surface area contributed by atoms with Gasteiger partial charge in [0, 0.05) is 12.0 Å². The summed E-state index contributed by atoms with van der Waals surface area (Å²) >= 11 is 0. The summed E-state index contributed by atoms with van der Waals surface area (Å²) < 4.78 is 5.38. The molecule has 0 aromatic carbocycles. The van der Waals surface area contributed by atoms with Gasteiger partial charge in [-0.3, -0.25) is 10.1 Å². The first-order valence-electron chi connectivity index (χ1n) is 6.14. The van der Waals surface area contributed by atoms with Crippen LogP contribution in [0.15, 0.2) is 4.42 Å². The lowest BCUT2D eigenvalue weighted by molar-refractivity contribution is -0.120. The van der Waals surface area contributed by atoms with Crippen LogP contribution >= 0.6 is 0 Å². The summed E-state index contributed by atoms with van der Waals surface area (Å²) in [4.78, 5) is 11.9. The first-order chi connectivity index (χ1) is 8.24. The van der Waals surface area contributed by atoms with Gasteiger partial charge in [-0.2, -0.15) is 0 Å². The molecule has 2 saturated carbocycles. The molecule has 1 aromatic heterocycles. The van der Waals surface area contributed by atoms with Crippen LogP contribution < -0.4 is 11.1 Å². The van der Waals surface area contributed by atoms with E-state index in [9.17, 15) is 4.79 Å². The van der Waals surface area contributed by atoms with E-state index >= 15 is 0 Å². The monoisotopic (exact) mass is 236 g/mol. The standard InChI is InChI=1S/C11H16N4O2/c12-8-3-1-2-7(8)9(16)13-11-15-14-10(17-11)6-4-5-6/h6-8H,1-5,12H2,(H,13,15,16). The fourth-order valence-corrected chi connectivity index (χ4v) is 2.29. The normalized spacial score (nSPS) is 28.3. The first-order valence-corrected chi connectivity index (χ1v) is 6.14. The van der Waals surface area contributed by atoms with E-state index in [2.05, 4.69) is 15.5 Å². The van der Waals surface area contributed by atoms with E-state index in [1.54, 1.807) is 0 Å². The molecule has 2 aliphatic carbocycles. The lowest BCUT2D eigenvalue weighted by Gasteiger charge is -2.12. The molecule has 3 N–H and O–H groups in total. The number of carbonyl (C=O) groups is 1. The van der Waals surface area contributed by atoms with Gasteiger partial charge < -0.3 is 10.2 Å². The first kappa shape index (κ1) is 10.7. The summed E-state index contributed by atoms with van der Waals surface area (Å²) in [5.74, 6) is 0.824. The molecule has 3 rings (SSSR count). The molecule has 2 aliphatic rings. The minimum atomic E-state index is -0.119. The van der Waals surface area contributed by atoms with Crippen molar-refractivity contribution >= 4 is 11.9 Å². The van der Waals surface area contributed by atoms with Crippen molar-refractivity contribution in [3.05, 3.63) is 5.89 Å². The highest BCUT2D eigenvalue weighted by Crippen LogP contribution is 2.39. The highest BCUT2D eigenvalue weighted by molar-refractivity contribution is 5.91. The second kappa shape index (κ2) is 4.10. The molecule has 17 heavy (non-hydrogen) atoms. The van der Waals surface area contributed by atoms with Crippen LogP contribution in [0.3, 0.4) is 0 Å². The molecule has 1 amide bonds. The van der Waals surface area contributed by atoms with Crippen molar-refractivity contribution in [1.82, 2.24) is 10.2 Å². The Bertz CT molecular complexity index is 427. The molecule has 2 unspecified atom stereocenters. The molecule has 92 valence electrons. The second-order valence-electron chi connectivity index (χ2n) is 4.91. The van der Waals surface area contributed by atoms with Gasteiger partial charge in [-0.1, -0.05) is 11.5 Å². The molecule has 2 fully saturated rings. The maximum absolute atomic E-state index is 11.9. The zero-order valence-electron chi connectivity index (χ0n) is 9.56. The summed E-state index contributed by atoms with van der Waals surface area (Å²) in [7, 11) is 0. The van der Waals surface area contributed by atoms with Crippen molar-refractivity contribution in [1.29, 1.82) is 0 Å². The number of carbonyl (C=O) groups excluding carboxylic acids is 1. The topological polar surface area (TPSA) is 94.0 Å². The molecule has 0 spiro atoms. The third-order valence-corrected chi connectivity index (χ3v) is 3.50. The predicted molar refractivity (Wildman–Crippen MR) is 60.2 cm³/mol. The minimum Gasteiger partial charge on any atom is -0.408 e. The quantitative estimate of drug-likeness (QED) is 0.816. The second-order valence-corrected chi connectivity index (χ2v) is 4.91. The van der Waals surface area contributed by atoms with Crippen LogP contribution in [-0.4, -0.2) is 22.1 Å². The van der Waals surface area contributed by atoms with Crippen molar-refractivity contribution in [3.8, 4) is 0 Å². The highest BCUT2D eigenvalue weighted by atomic mass is 16.4. The molecule has 0 aliphatic heterocycles. The maximum atomic E-state index is 11.9. The van der Waals surface area contributed by atoms with Crippen LogP contribution in [0.1, 0.15) is 43.9 Å². The zero-order valence-corrected chi connectivity index (χ0v) is 9.56. The number of amides is 1. The van der Waals surface area contributed by atoms with Gasteiger partial charge >= 0.3 is 6.01 Å². The number of rotatable bonds is 3. The largest absolute Gasteiger partial charge is 0.408 e. The molecule has 0 radical (unpaired) electrons. The summed E-state index contributed by atoms with van der Waals surface area (Å²) in [5.41, 5.74) is 5.87. The summed E-state index contributed by atoms with van der Waals surface area (Å²) in [6.45, 7) is 0. The predicted octanol–water partition coefficient (Wildman–Crippen LogP) is 1.01. The third kappa shape index (κ3) is 2.17. The van der Waals surface area contributed by atoms with Gasteiger partial charge in [0.15, 0.2) is 0 Å². The van der Waals surface area contributed by atoms with Crippen LogP contribution in [0.4, 0.5) is 6.01 Å². The van der Waals surface area contributed by atoms with Crippen molar-refractivity contribution in [2.24, 2.45) is 11.7 Å². The van der Waals surface area contributed by atoms with Crippen LogP contribution in [0, 0.1) is 5.92 Å². The molecule has 0 saturated heterocycles. The highest BCUT2D eigenvalue weighted by Gasteiger charge is 2.32. The van der Waals surface area contributed by atoms with Crippen LogP contribution in [0.5, 0.6) is 0 Å². The van der Waals surface area contributed by atoms with E-state index in [1.165, 1.54) is 0 Å². The molecule has 2 atom stereocenters. The van der Waals surface area contributed by atoms with E-state index in [0.717, 1.165) is 32.1 Å². The summed E-state index contributed by atoms with van der Waals surface area (Å²) in [6, 6.07) is 0.164. The number of nitrogens with two attached hydrogens (primary N) is 1. The number of aromatic nitrogens is 2. The molecule has 0 bridgehead atoms. The summed E-state index contributed by atoms with van der Waals surface area (Å²) in [5, 5.41) is 10.4. The number of anilines is 1. The zero-order chi connectivity index (χ0) is 11.8. The van der Waals surface area contributed by atoms with Gasteiger partial charge in [-0.05, 0) is 25.7 Å². The third-order valence-electron chi connectivity index (χ3n) is 3.50. The maximum Gasteiger partial charge on any atom is 0.322 e. The van der Waals surface area contributed by atoms with Crippen LogP contribution in [0.2, 0.25) is 0 Å². The Hall–Kier alpha value is -1.43. The van der Waals surface area contributed by atoms with Gasteiger partial charge in [-0.25, -0.2) is 0 Å². The average molecular weight is 236 g/mol. The fraction of sp³-hybridized carbons (Fsp3) is 0.727. The van der Waals surface area contributed by atoms with Crippen LogP contribution in [0.25, 0.3) is 0 Å². The Kier molecular flexibility index (Phi) is 2.58. The van der Waals surface area contributed by atoms with Gasteiger partial charge in [0.25, 0.3) is 0 Å². The molecular formula is C11H16N4O2. The van der Waals surface area contributed by atoms with Gasteiger partial charge in [0.1, 0.15) is 0 Å². The Balaban J connectivity index is 1.63. The summed E-state index contributed by atoms with van der Waals surface area (Å²) in [6.07, 6.45) is 4.97. The Morgan fingerprint density at radius 2 is 2.12 bits per heavy atom. The van der Waals surface area contributed by atoms with Gasteiger partial charge in [-0.15, -0.1) is 5.10 Å². The van der Waals surface area contributed by atoms with Crippen molar-refractivity contribution < 1.29 is 9.21 Å². The van der Waals surface area contributed by atoms with Crippen molar-refractivity contribution in [3.63, 3.8) is 0 Å². The SMILES string of the molecule is NC1CCCC1C(=O)Nc1nnc(C2CC2)o1. The molecule has 1 heterocycles. The Morgan fingerprint density at radius 3 is 2.76 bits per heavy atom. The number of hydrogen-bond acceptors (Lipinski definition) is 5. The lowest BCUT2D eigenvalue weighted by Crippen LogP contribution is -2.34. The van der Waals surface area contributed by atoms with E-state index in [0.29, 0.717) is 11.8 Å². The van der Waals surface area contributed by atoms with Crippen LogP contribution in [-0.2, 0) is 4.79 Å². The lowest BCUT2D eigenvalue weighted by atomic mass is 10.0. The van der Waals surface area contributed by atoms with E-state index in [-0.39, 0.29) is 23.9 Å². The van der Waals surface area contributed by atoms with E-state index in [4.69, 9.17) is 10.2 Å². The number of nitrogens with zero attached hydrogens (tertiary/aromatic N) is 2. The van der Waals surface area contributed by atoms with Gasteiger partial charge in [0.05, 0.1) is 5.92 Å². The average Bonchev–Trinajstić information content (AvgIpc) is 2.90. The van der Waals surface area contributed by atoms with E-state index in [1.807, 2.05) is 0 Å². The van der Waals surface area contributed by atoms with Gasteiger partial charge in [0.2, 0.25) is 11.8 Å². The molecule has 6 nitrogen and oxygen atoms in total. The van der Waals surface area contributed by atoms with E-state index < -0.39 is 0 Å². The van der Waals surface area contributed by atoms with Crippen molar-refractivity contribution in [2.45, 2.75) is 44.1 Å². The minimum absolute atomic E-state index is 0.0409. The molecule has 6 heteroatoms. The molecule has 1 aromatic rings. The van der Waals surface area contributed by atoms with Crippen molar-refractivity contribution in [2.75, 3.05) is 5.32 Å². The molecular weight excluding hydrogens is 220 g/mol. The Labute approximate surface area is 99.0 Å². The fourth-order valence-electron chi connectivity index (χ4n) is 2.29. The number of hydrogen-bond donors (Lipinski definition) is 2. The smallest absolute Gasteiger partial charge is 0.322 e. The number of nitrogens with one attached hydrogen (secondary N) is 1.